The molecule has 1 aliphatic heterocycles. The van der Waals surface area contributed by atoms with Gasteiger partial charge in [-0.15, -0.1) is 0 Å². The second-order valence-corrected chi connectivity index (χ2v) is 6.14. The van der Waals surface area contributed by atoms with Gasteiger partial charge in [0.1, 0.15) is 5.54 Å². The lowest BCUT2D eigenvalue weighted by Gasteiger charge is -2.21. The van der Waals surface area contributed by atoms with E-state index in [4.69, 9.17) is 0 Å². The molecule has 0 spiro atoms. The maximum absolute atomic E-state index is 12.6. The predicted octanol–water partition coefficient (Wildman–Crippen LogP) is 1.71. The first-order chi connectivity index (χ1) is 11.0. The molecule has 1 aromatic rings. The van der Waals surface area contributed by atoms with Crippen LogP contribution < -0.4 is 15.5 Å². The molecule has 1 atom stereocenters. The molecule has 2 N–H and O–H groups in total. The Morgan fingerprint density at radius 2 is 2.04 bits per heavy atom. The van der Waals surface area contributed by atoms with Gasteiger partial charge in [-0.25, -0.2) is 9.69 Å². The van der Waals surface area contributed by atoms with Crippen LogP contribution >= 0.6 is 0 Å². The Labute approximate surface area is 134 Å². The molecule has 1 aromatic carbocycles. The van der Waals surface area contributed by atoms with Crippen LogP contribution in [0, 0.1) is 5.92 Å². The monoisotopic (exact) mass is 313 g/mol. The molecule has 1 aliphatic carbocycles. The molecule has 6 nitrogen and oxygen atoms in total. The van der Waals surface area contributed by atoms with Crippen LogP contribution in [0.2, 0.25) is 0 Å². The van der Waals surface area contributed by atoms with Crippen molar-refractivity contribution in [2.75, 3.05) is 4.90 Å². The number of carbonyl (C=O) groups excluding carboxylic acids is 3. The van der Waals surface area contributed by atoms with Crippen molar-refractivity contribution in [2.45, 2.75) is 31.8 Å². The summed E-state index contributed by atoms with van der Waals surface area (Å²) in [6.45, 7) is 5.55. The molecule has 120 valence electrons. The first kappa shape index (κ1) is 15.3. The Hall–Kier alpha value is -2.63. The number of imide groups is 1. The zero-order valence-corrected chi connectivity index (χ0v) is 13.0. The summed E-state index contributed by atoms with van der Waals surface area (Å²) in [6.07, 6.45) is 3.15. The maximum atomic E-state index is 12.6. The standard InChI is InChI=1S/C17H19N3O3/c1-3-14(21)18-10-11-4-8-13(9-5-11)20-15(22)17(2,12-6-7-12)19-16(20)23/h3-5,8-9,12H,1,6-7,10H2,2H3,(H,18,21)(H,19,23). The number of anilines is 1. The van der Waals surface area contributed by atoms with Gasteiger partial charge in [-0.3, -0.25) is 9.59 Å². The van der Waals surface area contributed by atoms with Crippen LogP contribution in [-0.2, 0) is 16.1 Å². The van der Waals surface area contributed by atoms with E-state index in [1.54, 1.807) is 31.2 Å². The van der Waals surface area contributed by atoms with Crippen molar-refractivity contribution in [2.24, 2.45) is 5.92 Å². The fraction of sp³-hybridized carbons (Fsp3) is 0.353. The summed E-state index contributed by atoms with van der Waals surface area (Å²) in [5, 5.41) is 5.50. The SMILES string of the molecule is C=CC(=O)NCc1ccc(N2C(=O)NC(C)(C3CC3)C2=O)cc1. The Kier molecular flexibility index (Phi) is 3.67. The molecule has 3 rings (SSSR count). The molecular weight excluding hydrogens is 294 g/mol. The summed E-state index contributed by atoms with van der Waals surface area (Å²) in [6, 6.07) is 6.62. The molecule has 2 aliphatic rings. The molecule has 1 unspecified atom stereocenters. The van der Waals surface area contributed by atoms with E-state index in [9.17, 15) is 14.4 Å². The molecule has 6 heteroatoms. The van der Waals surface area contributed by atoms with Crippen molar-refractivity contribution in [3.05, 3.63) is 42.5 Å². The summed E-state index contributed by atoms with van der Waals surface area (Å²) in [5.74, 6) is -0.210. The highest BCUT2D eigenvalue weighted by molar-refractivity contribution is 6.23. The second kappa shape index (κ2) is 5.53. The van der Waals surface area contributed by atoms with Gasteiger partial charge in [0.2, 0.25) is 5.91 Å². The van der Waals surface area contributed by atoms with E-state index in [1.165, 1.54) is 11.0 Å². The Bertz CT molecular complexity index is 679. The zero-order chi connectivity index (χ0) is 16.6. The Morgan fingerprint density at radius 1 is 1.39 bits per heavy atom. The molecule has 23 heavy (non-hydrogen) atoms. The van der Waals surface area contributed by atoms with Crippen LogP contribution in [0.1, 0.15) is 25.3 Å². The van der Waals surface area contributed by atoms with E-state index in [2.05, 4.69) is 17.2 Å². The van der Waals surface area contributed by atoms with E-state index < -0.39 is 5.54 Å². The molecule has 0 aromatic heterocycles. The number of nitrogens with one attached hydrogen (secondary N) is 2. The number of nitrogens with zero attached hydrogens (tertiary/aromatic N) is 1. The number of hydrogen-bond donors (Lipinski definition) is 2. The van der Waals surface area contributed by atoms with E-state index in [0.29, 0.717) is 12.2 Å². The van der Waals surface area contributed by atoms with Crippen LogP contribution in [0.25, 0.3) is 0 Å². The van der Waals surface area contributed by atoms with E-state index in [0.717, 1.165) is 18.4 Å². The highest BCUT2D eigenvalue weighted by Crippen LogP contribution is 2.43. The first-order valence-electron chi connectivity index (χ1n) is 7.61. The first-order valence-corrected chi connectivity index (χ1v) is 7.61. The van der Waals surface area contributed by atoms with Crippen LogP contribution in [-0.4, -0.2) is 23.4 Å². The number of carbonyl (C=O) groups is 3. The summed E-state index contributed by atoms with van der Waals surface area (Å²) >= 11 is 0. The smallest absolute Gasteiger partial charge is 0.329 e. The average molecular weight is 313 g/mol. The third-order valence-corrected chi connectivity index (χ3v) is 4.46. The van der Waals surface area contributed by atoms with Crippen molar-refractivity contribution in [3.63, 3.8) is 0 Å². The van der Waals surface area contributed by atoms with Gasteiger partial charge in [0.15, 0.2) is 0 Å². The van der Waals surface area contributed by atoms with Crippen molar-refractivity contribution in [1.82, 2.24) is 10.6 Å². The highest BCUT2D eigenvalue weighted by atomic mass is 16.2. The normalized spacial score (nSPS) is 23.6. The van der Waals surface area contributed by atoms with Crippen molar-refractivity contribution >= 4 is 23.5 Å². The third kappa shape index (κ3) is 2.72. The van der Waals surface area contributed by atoms with Crippen LogP contribution in [0.15, 0.2) is 36.9 Å². The molecule has 0 radical (unpaired) electrons. The van der Waals surface area contributed by atoms with Gasteiger partial charge in [0, 0.05) is 6.54 Å². The molecular formula is C17H19N3O3. The van der Waals surface area contributed by atoms with Gasteiger partial charge < -0.3 is 10.6 Å². The van der Waals surface area contributed by atoms with Gasteiger partial charge in [-0.2, -0.15) is 0 Å². The zero-order valence-electron chi connectivity index (χ0n) is 13.0. The summed E-state index contributed by atoms with van der Waals surface area (Å²) in [4.78, 5) is 37.2. The molecule has 1 heterocycles. The minimum absolute atomic E-state index is 0.197. The predicted molar refractivity (Wildman–Crippen MR) is 85.6 cm³/mol. The van der Waals surface area contributed by atoms with E-state index in [1.807, 2.05) is 0 Å². The molecule has 4 amide bonds. The number of amides is 4. The van der Waals surface area contributed by atoms with E-state index in [-0.39, 0.29) is 23.8 Å². The van der Waals surface area contributed by atoms with Gasteiger partial charge in [0.25, 0.3) is 5.91 Å². The minimum Gasteiger partial charge on any atom is -0.348 e. The van der Waals surface area contributed by atoms with Gasteiger partial charge in [0.05, 0.1) is 5.69 Å². The molecule has 0 bridgehead atoms. The van der Waals surface area contributed by atoms with Gasteiger partial charge in [-0.1, -0.05) is 18.7 Å². The average Bonchev–Trinajstić information content (AvgIpc) is 3.35. The maximum Gasteiger partial charge on any atom is 0.329 e. The van der Waals surface area contributed by atoms with E-state index >= 15 is 0 Å². The topological polar surface area (TPSA) is 78.5 Å². The summed E-state index contributed by atoms with van der Waals surface area (Å²) in [5.41, 5.74) is 0.630. The van der Waals surface area contributed by atoms with Crippen molar-refractivity contribution in [1.29, 1.82) is 0 Å². The fourth-order valence-corrected chi connectivity index (χ4v) is 2.85. The van der Waals surface area contributed by atoms with Crippen molar-refractivity contribution < 1.29 is 14.4 Å². The third-order valence-electron chi connectivity index (χ3n) is 4.46. The summed E-state index contributed by atoms with van der Waals surface area (Å²) in [7, 11) is 0. The number of benzene rings is 1. The number of hydrogen-bond acceptors (Lipinski definition) is 3. The molecule has 1 saturated heterocycles. The number of urea groups is 1. The lowest BCUT2D eigenvalue weighted by molar-refractivity contribution is -0.122. The van der Waals surface area contributed by atoms with Crippen LogP contribution in [0.4, 0.5) is 10.5 Å². The second-order valence-electron chi connectivity index (χ2n) is 6.14. The van der Waals surface area contributed by atoms with Gasteiger partial charge in [-0.05, 0) is 49.5 Å². The van der Waals surface area contributed by atoms with Crippen molar-refractivity contribution in [3.8, 4) is 0 Å². The minimum atomic E-state index is -0.784. The summed E-state index contributed by atoms with van der Waals surface area (Å²) < 4.78 is 0. The Balaban J connectivity index is 1.74. The lowest BCUT2D eigenvalue weighted by Crippen LogP contribution is -2.46. The van der Waals surface area contributed by atoms with Crippen LogP contribution in [0.5, 0.6) is 0 Å². The van der Waals surface area contributed by atoms with Crippen LogP contribution in [0.3, 0.4) is 0 Å². The quantitative estimate of drug-likeness (QED) is 0.641. The lowest BCUT2D eigenvalue weighted by atomic mass is 9.96. The fourth-order valence-electron chi connectivity index (χ4n) is 2.85. The molecule has 2 fully saturated rings. The number of rotatable bonds is 5. The Morgan fingerprint density at radius 3 is 2.61 bits per heavy atom. The molecule has 1 saturated carbocycles. The van der Waals surface area contributed by atoms with Gasteiger partial charge >= 0.3 is 6.03 Å². The largest absolute Gasteiger partial charge is 0.348 e. The highest BCUT2D eigenvalue weighted by Gasteiger charge is 2.56.